The Morgan fingerprint density at radius 2 is 1.78 bits per heavy atom. The van der Waals surface area contributed by atoms with Gasteiger partial charge in [0.05, 0.1) is 0 Å². The molecule has 0 saturated heterocycles. The molecule has 0 amide bonds. The predicted octanol–water partition coefficient (Wildman–Crippen LogP) is 3.20. The van der Waals surface area contributed by atoms with Crippen LogP contribution in [0.3, 0.4) is 0 Å². The molecule has 0 saturated carbocycles. The molecule has 0 unspecified atom stereocenters. The molecule has 0 bridgehead atoms. The van der Waals surface area contributed by atoms with Gasteiger partial charge >= 0.3 is 0 Å². The highest BCUT2D eigenvalue weighted by Gasteiger charge is 2.18. The van der Waals surface area contributed by atoms with E-state index in [2.05, 4.69) is 0 Å². The van der Waals surface area contributed by atoms with E-state index in [1.165, 1.54) is 0 Å². The maximum absolute atomic E-state index is 11.5. The van der Waals surface area contributed by atoms with Gasteiger partial charge < -0.3 is 6.15 Å². The van der Waals surface area contributed by atoms with Gasteiger partial charge in [0.15, 0.2) is 0 Å². The minimum atomic E-state index is -4.18. The van der Waals surface area contributed by atoms with Crippen LogP contribution in [0, 0.1) is 0 Å². The highest BCUT2D eigenvalue weighted by atomic mass is 32.2. The van der Waals surface area contributed by atoms with Crippen LogP contribution >= 0.6 is 0 Å². The van der Waals surface area contributed by atoms with Crippen molar-refractivity contribution in [3.8, 4) is 0 Å². The first kappa shape index (κ1) is 14.6. The van der Waals surface area contributed by atoms with Crippen molar-refractivity contribution in [2.45, 2.75) is 24.7 Å². The van der Waals surface area contributed by atoms with Crippen molar-refractivity contribution in [3.05, 3.63) is 42.0 Å². The van der Waals surface area contributed by atoms with E-state index in [4.69, 9.17) is 0 Å². The second-order valence-electron chi connectivity index (χ2n) is 4.00. The number of hydrogen-bond donors (Lipinski definition) is 2. The van der Waals surface area contributed by atoms with Gasteiger partial charge in [-0.1, -0.05) is 49.7 Å². The minimum Gasteiger partial charge on any atom is -0.344 e. The molecule has 2 rings (SSSR count). The molecule has 2 aromatic rings. The monoisotopic (exact) mass is 267 g/mol. The van der Waals surface area contributed by atoms with Crippen molar-refractivity contribution in [1.29, 1.82) is 0 Å². The first-order chi connectivity index (χ1) is 8.04. The molecule has 0 aromatic heterocycles. The van der Waals surface area contributed by atoms with Gasteiger partial charge in [-0.2, -0.15) is 8.42 Å². The van der Waals surface area contributed by atoms with E-state index in [1.807, 2.05) is 25.1 Å². The second kappa shape index (κ2) is 5.48. The fourth-order valence-corrected chi connectivity index (χ4v) is 3.02. The molecule has 2 aromatic carbocycles. The van der Waals surface area contributed by atoms with Crippen molar-refractivity contribution in [2.75, 3.05) is 0 Å². The topological polar surface area (TPSA) is 89.4 Å². The summed E-state index contributed by atoms with van der Waals surface area (Å²) in [4.78, 5) is 0.0532. The molecule has 0 atom stereocenters. The van der Waals surface area contributed by atoms with Crippen molar-refractivity contribution in [2.24, 2.45) is 0 Å². The lowest BCUT2D eigenvalue weighted by molar-refractivity contribution is 0.483. The van der Waals surface area contributed by atoms with Gasteiger partial charge in [0.25, 0.3) is 10.1 Å². The zero-order chi connectivity index (χ0) is 12.5. The molecule has 0 aliphatic heterocycles. The molecule has 0 aliphatic carbocycles. The molecule has 4 N–H and O–H groups in total. The Bertz CT molecular complexity index is 650. The first-order valence-corrected chi connectivity index (χ1v) is 6.96. The molecule has 5 heteroatoms. The Hall–Kier alpha value is -1.43. The van der Waals surface area contributed by atoms with Gasteiger partial charge in [0, 0.05) is 5.39 Å². The van der Waals surface area contributed by atoms with E-state index in [-0.39, 0.29) is 11.0 Å². The largest absolute Gasteiger partial charge is 0.344 e. The lowest BCUT2D eigenvalue weighted by Gasteiger charge is -2.09. The van der Waals surface area contributed by atoms with Gasteiger partial charge in [0.2, 0.25) is 0 Å². The third-order valence-electron chi connectivity index (χ3n) is 2.74. The van der Waals surface area contributed by atoms with E-state index in [9.17, 15) is 13.0 Å². The Kier molecular flexibility index (Phi) is 4.45. The van der Waals surface area contributed by atoms with E-state index < -0.39 is 10.1 Å². The molecule has 0 spiro atoms. The van der Waals surface area contributed by atoms with Crippen LogP contribution in [0.5, 0.6) is 0 Å². The first-order valence-electron chi connectivity index (χ1n) is 5.52. The van der Waals surface area contributed by atoms with Crippen LogP contribution in [0.1, 0.15) is 18.9 Å². The van der Waals surface area contributed by atoms with Crippen LogP contribution in [-0.2, 0) is 16.5 Å². The normalized spacial score (nSPS) is 11.2. The van der Waals surface area contributed by atoms with Crippen molar-refractivity contribution >= 4 is 20.9 Å². The summed E-state index contributed by atoms with van der Waals surface area (Å²) >= 11 is 0. The standard InChI is InChI=1S/C13H14O3S.H3N/c1-2-5-11-9-8-10-6-3-4-7-12(10)13(11)17(14,15)16;/h3-4,6-9H,2,5H2,1H3,(H,14,15,16);1H3. The molecule has 0 aliphatic rings. The minimum absolute atomic E-state index is 0. The summed E-state index contributed by atoms with van der Waals surface area (Å²) in [5.41, 5.74) is 0.675. The van der Waals surface area contributed by atoms with Crippen molar-refractivity contribution in [1.82, 2.24) is 6.15 Å². The van der Waals surface area contributed by atoms with Gasteiger partial charge in [-0.05, 0) is 17.4 Å². The lowest BCUT2D eigenvalue weighted by atomic mass is 10.0. The number of fused-ring (bicyclic) bond motifs is 1. The fraction of sp³-hybridized carbons (Fsp3) is 0.231. The third kappa shape index (κ3) is 2.69. The Morgan fingerprint density at radius 3 is 2.39 bits per heavy atom. The summed E-state index contributed by atoms with van der Waals surface area (Å²) in [6, 6.07) is 10.8. The molecule has 0 radical (unpaired) electrons. The average Bonchev–Trinajstić information content (AvgIpc) is 2.27. The molecular formula is C13H17NO3S. The second-order valence-corrected chi connectivity index (χ2v) is 5.36. The maximum atomic E-state index is 11.5. The zero-order valence-corrected chi connectivity index (χ0v) is 11.1. The van der Waals surface area contributed by atoms with Crippen molar-refractivity contribution < 1.29 is 13.0 Å². The van der Waals surface area contributed by atoms with E-state index in [0.29, 0.717) is 17.4 Å². The smallest absolute Gasteiger partial charge is 0.295 e. The van der Waals surface area contributed by atoms with Crippen LogP contribution in [0.15, 0.2) is 41.3 Å². The predicted molar refractivity (Wildman–Crippen MR) is 72.8 cm³/mol. The van der Waals surface area contributed by atoms with Crippen LogP contribution in [0.2, 0.25) is 0 Å². The van der Waals surface area contributed by atoms with Crippen LogP contribution < -0.4 is 6.15 Å². The highest BCUT2D eigenvalue weighted by molar-refractivity contribution is 7.86. The number of hydrogen-bond acceptors (Lipinski definition) is 3. The van der Waals surface area contributed by atoms with Gasteiger partial charge in [0.1, 0.15) is 4.90 Å². The summed E-state index contributed by atoms with van der Waals surface area (Å²) in [6.07, 6.45) is 1.47. The summed E-state index contributed by atoms with van der Waals surface area (Å²) in [6.45, 7) is 1.98. The zero-order valence-electron chi connectivity index (χ0n) is 10.3. The molecule has 0 heterocycles. The summed E-state index contributed by atoms with van der Waals surface area (Å²) in [5, 5.41) is 1.40. The Morgan fingerprint density at radius 1 is 1.11 bits per heavy atom. The van der Waals surface area contributed by atoms with E-state index in [1.54, 1.807) is 18.2 Å². The summed E-state index contributed by atoms with van der Waals surface area (Å²) in [7, 11) is -4.18. The summed E-state index contributed by atoms with van der Waals surface area (Å²) < 4.78 is 32.4. The maximum Gasteiger partial charge on any atom is 0.295 e. The molecule has 18 heavy (non-hydrogen) atoms. The molecule has 4 nitrogen and oxygen atoms in total. The lowest BCUT2D eigenvalue weighted by Crippen LogP contribution is -2.04. The quantitative estimate of drug-likeness (QED) is 0.836. The number of benzene rings is 2. The molecule has 0 fully saturated rings. The van der Waals surface area contributed by atoms with E-state index in [0.717, 1.165) is 11.8 Å². The van der Waals surface area contributed by atoms with Gasteiger partial charge in [-0.25, -0.2) is 0 Å². The molecular weight excluding hydrogens is 250 g/mol. The van der Waals surface area contributed by atoms with Gasteiger partial charge in [-0.15, -0.1) is 0 Å². The Labute approximate surface area is 107 Å². The van der Waals surface area contributed by atoms with Crippen LogP contribution in [0.25, 0.3) is 10.8 Å². The highest BCUT2D eigenvalue weighted by Crippen LogP contribution is 2.27. The summed E-state index contributed by atoms with van der Waals surface area (Å²) in [5.74, 6) is 0. The number of aryl methyl sites for hydroxylation is 1. The van der Waals surface area contributed by atoms with Crippen molar-refractivity contribution in [3.63, 3.8) is 0 Å². The molecule has 98 valence electrons. The SMILES string of the molecule is CCCc1ccc2ccccc2c1S(=O)(=O)O.N. The third-order valence-corrected chi connectivity index (χ3v) is 3.74. The average molecular weight is 267 g/mol. The number of rotatable bonds is 3. The van der Waals surface area contributed by atoms with Gasteiger partial charge in [-0.3, -0.25) is 4.55 Å². The van der Waals surface area contributed by atoms with Crippen LogP contribution in [-0.4, -0.2) is 13.0 Å². The van der Waals surface area contributed by atoms with E-state index >= 15 is 0 Å². The Balaban J connectivity index is 0.00000162. The fourth-order valence-electron chi connectivity index (χ4n) is 2.06. The van der Waals surface area contributed by atoms with Crippen LogP contribution in [0.4, 0.5) is 0 Å².